The summed E-state index contributed by atoms with van der Waals surface area (Å²) in [6.45, 7) is 4.46. The fourth-order valence-corrected chi connectivity index (χ4v) is 3.67. The van der Waals surface area contributed by atoms with Crippen LogP contribution in [0.4, 0.5) is 5.69 Å². The quantitative estimate of drug-likeness (QED) is 0.617. The lowest BCUT2D eigenvalue weighted by Gasteiger charge is -2.28. The van der Waals surface area contributed by atoms with E-state index in [0.29, 0.717) is 6.54 Å². The minimum absolute atomic E-state index is 0.00311. The maximum Gasteiger partial charge on any atom is 0.238 e. The molecule has 1 N–H and O–H groups in total. The molecule has 0 aliphatic heterocycles. The van der Waals surface area contributed by atoms with Crippen molar-refractivity contribution < 1.29 is 4.79 Å². The average Bonchev–Trinajstić information content (AvgIpc) is 2.71. The van der Waals surface area contributed by atoms with Crippen LogP contribution in [0.15, 0.2) is 78.9 Å². The zero-order valence-corrected chi connectivity index (χ0v) is 16.9. The number of aryl methyl sites for hydroxylation is 2. The topological polar surface area (TPSA) is 32.3 Å². The summed E-state index contributed by atoms with van der Waals surface area (Å²) < 4.78 is 0. The lowest BCUT2D eigenvalue weighted by atomic mass is 9.97. The fourth-order valence-electron chi connectivity index (χ4n) is 3.67. The smallest absolute Gasteiger partial charge is 0.238 e. The van der Waals surface area contributed by atoms with Gasteiger partial charge in [-0.05, 0) is 42.6 Å². The van der Waals surface area contributed by atoms with Gasteiger partial charge in [-0.25, -0.2) is 0 Å². The molecule has 3 nitrogen and oxygen atoms in total. The third kappa shape index (κ3) is 4.68. The first-order valence-electron chi connectivity index (χ1n) is 9.78. The summed E-state index contributed by atoms with van der Waals surface area (Å²) in [6, 6.07) is 26.8. The molecule has 0 spiro atoms. The second-order valence-electron chi connectivity index (χ2n) is 7.15. The molecule has 0 radical (unpaired) electrons. The molecule has 0 aliphatic rings. The van der Waals surface area contributed by atoms with E-state index in [9.17, 15) is 4.79 Å². The predicted octanol–water partition coefficient (Wildman–Crippen LogP) is 5.22. The minimum Gasteiger partial charge on any atom is -0.324 e. The Labute approximate surface area is 168 Å². The van der Waals surface area contributed by atoms with Crippen LogP contribution in [0.3, 0.4) is 0 Å². The van der Waals surface area contributed by atoms with Gasteiger partial charge in [0.25, 0.3) is 0 Å². The summed E-state index contributed by atoms with van der Waals surface area (Å²) in [7, 11) is 2.00. The number of hydrogen-bond donors (Lipinski definition) is 1. The molecule has 0 aliphatic carbocycles. The number of para-hydroxylation sites is 1. The van der Waals surface area contributed by atoms with Crippen molar-refractivity contribution in [3.05, 3.63) is 101 Å². The number of amides is 1. The molecule has 3 heteroatoms. The summed E-state index contributed by atoms with van der Waals surface area (Å²) in [4.78, 5) is 15.0. The predicted molar refractivity (Wildman–Crippen MR) is 117 cm³/mol. The number of hydrogen-bond acceptors (Lipinski definition) is 2. The lowest BCUT2D eigenvalue weighted by Crippen LogP contribution is -2.34. The van der Waals surface area contributed by atoms with Crippen molar-refractivity contribution >= 4 is 11.6 Å². The molecule has 0 saturated carbocycles. The Morgan fingerprint density at radius 1 is 0.893 bits per heavy atom. The maximum atomic E-state index is 12.9. The van der Waals surface area contributed by atoms with E-state index in [0.717, 1.165) is 17.7 Å². The first-order chi connectivity index (χ1) is 13.6. The van der Waals surface area contributed by atoms with Crippen LogP contribution in [-0.4, -0.2) is 24.4 Å². The van der Waals surface area contributed by atoms with Gasteiger partial charge in [-0.2, -0.15) is 0 Å². The Hall–Kier alpha value is -2.91. The molecule has 3 rings (SSSR count). The van der Waals surface area contributed by atoms with Crippen LogP contribution >= 0.6 is 0 Å². The average molecular weight is 373 g/mol. The molecule has 0 heterocycles. The molecule has 144 valence electrons. The van der Waals surface area contributed by atoms with Crippen LogP contribution in [0.2, 0.25) is 0 Å². The molecule has 0 aromatic heterocycles. The third-order valence-electron chi connectivity index (χ3n) is 5.07. The summed E-state index contributed by atoms with van der Waals surface area (Å²) in [6.07, 6.45) is 0.893. The number of carbonyl (C=O) groups excluding carboxylic acids is 1. The number of nitrogens with zero attached hydrogens (tertiary/aromatic N) is 1. The van der Waals surface area contributed by atoms with Gasteiger partial charge in [0.05, 0.1) is 12.6 Å². The normalized spacial score (nSPS) is 11.0. The molecular weight excluding hydrogens is 344 g/mol. The van der Waals surface area contributed by atoms with Crippen LogP contribution in [0.1, 0.15) is 35.2 Å². The number of carbonyl (C=O) groups is 1. The highest BCUT2D eigenvalue weighted by molar-refractivity contribution is 5.93. The molecule has 0 saturated heterocycles. The van der Waals surface area contributed by atoms with Crippen LogP contribution in [0.5, 0.6) is 0 Å². The first kappa shape index (κ1) is 19.8. The van der Waals surface area contributed by atoms with Crippen molar-refractivity contribution in [2.45, 2.75) is 26.3 Å². The molecule has 0 fully saturated rings. The van der Waals surface area contributed by atoms with E-state index < -0.39 is 0 Å². The number of rotatable bonds is 7. The molecule has 0 unspecified atom stereocenters. The van der Waals surface area contributed by atoms with Gasteiger partial charge in [-0.15, -0.1) is 0 Å². The summed E-state index contributed by atoms with van der Waals surface area (Å²) in [5.41, 5.74) is 5.55. The Bertz CT molecular complexity index is 867. The second-order valence-corrected chi connectivity index (χ2v) is 7.15. The maximum absolute atomic E-state index is 12.9. The van der Waals surface area contributed by atoms with E-state index in [1.807, 2.05) is 62.5 Å². The van der Waals surface area contributed by atoms with Crippen molar-refractivity contribution in [3.63, 3.8) is 0 Å². The Morgan fingerprint density at radius 3 is 2.00 bits per heavy atom. The highest BCUT2D eigenvalue weighted by Gasteiger charge is 2.21. The van der Waals surface area contributed by atoms with Gasteiger partial charge in [-0.3, -0.25) is 9.69 Å². The monoisotopic (exact) mass is 372 g/mol. The fraction of sp³-hybridized carbons (Fsp3) is 0.240. The van der Waals surface area contributed by atoms with Crippen molar-refractivity contribution in [1.82, 2.24) is 4.90 Å². The van der Waals surface area contributed by atoms with Crippen LogP contribution < -0.4 is 5.32 Å². The Balaban J connectivity index is 1.81. The number of likely N-dealkylation sites (N-methyl/N-ethyl adjacent to an activating group) is 1. The van der Waals surface area contributed by atoms with Crippen molar-refractivity contribution in [1.29, 1.82) is 0 Å². The molecule has 3 aromatic carbocycles. The number of nitrogens with one attached hydrogen (secondary N) is 1. The van der Waals surface area contributed by atoms with Gasteiger partial charge in [0, 0.05) is 5.69 Å². The van der Waals surface area contributed by atoms with E-state index in [4.69, 9.17) is 0 Å². The van der Waals surface area contributed by atoms with Crippen molar-refractivity contribution in [3.8, 4) is 0 Å². The van der Waals surface area contributed by atoms with E-state index in [1.54, 1.807) is 0 Å². The lowest BCUT2D eigenvalue weighted by molar-refractivity contribution is -0.117. The summed E-state index contributed by atoms with van der Waals surface area (Å²) >= 11 is 0. The largest absolute Gasteiger partial charge is 0.324 e. The van der Waals surface area contributed by atoms with Crippen LogP contribution in [-0.2, 0) is 11.2 Å². The third-order valence-corrected chi connectivity index (χ3v) is 5.07. The highest BCUT2D eigenvalue weighted by atomic mass is 16.2. The highest BCUT2D eigenvalue weighted by Crippen LogP contribution is 2.27. The van der Waals surface area contributed by atoms with Gasteiger partial charge in [0.1, 0.15) is 0 Å². The molecule has 0 bridgehead atoms. The van der Waals surface area contributed by atoms with Crippen LogP contribution in [0, 0.1) is 6.92 Å². The van der Waals surface area contributed by atoms with Crippen LogP contribution in [0.25, 0.3) is 0 Å². The van der Waals surface area contributed by atoms with Gasteiger partial charge in [0.2, 0.25) is 5.91 Å². The molecule has 3 aromatic rings. The van der Waals surface area contributed by atoms with Gasteiger partial charge in [0.15, 0.2) is 0 Å². The second kappa shape index (κ2) is 9.34. The van der Waals surface area contributed by atoms with Gasteiger partial charge >= 0.3 is 0 Å². The number of anilines is 1. The van der Waals surface area contributed by atoms with E-state index >= 15 is 0 Å². The Morgan fingerprint density at radius 2 is 1.46 bits per heavy atom. The van der Waals surface area contributed by atoms with E-state index in [-0.39, 0.29) is 11.9 Å². The zero-order chi connectivity index (χ0) is 19.9. The molecule has 28 heavy (non-hydrogen) atoms. The molecule has 0 atom stereocenters. The summed E-state index contributed by atoms with van der Waals surface area (Å²) in [5, 5.41) is 3.14. The standard InChI is InChI=1S/C25H28N2O/c1-4-20-17-11-12-19(2)24(20)26-23(28)18-27(3)25(21-13-7-5-8-14-21)22-15-9-6-10-16-22/h5-17,25H,4,18H2,1-3H3,(H,26,28). The van der Waals surface area contributed by atoms with Crippen molar-refractivity contribution in [2.24, 2.45) is 0 Å². The van der Waals surface area contributed by atoms with Gasteiger partial charge in [-0.1, -0.05) is 85.8 Å². The molecule has 1 amide bonds. The number of benzene rings is 3. The first-order valence-corrected chi connectivity index (χ1v) is 9.78. The Kier molecular flexibility index (Phi) is 6.62. The van der Waals surface area contributed by atoms with Gasteiger partial charge < -0.3 is 5.32 Å². The van der Waals surface area contributed by atoms with E-state index in [1.165, 1.54) is 16.7 Å². The molecular formula is C25H28N2O. The minimum atomic E-state index is 0.00311. The summed E-state index contributed by atoms with van der Waals surface area (Å²) in [5.74, 6) is 0.00311. The SMILES string of the molecule is CCc1cccc(C)c1NC(=O)CN(C)C(c1ccccc1)c1ccccc1. The zero-order valence-electron chi connectivity index (χ0n) is 16.9. The van der Waals surface area contributed by atoms with E-state index in [2.05, 4.69) is 47.5 Å². The van der Waals surface area contributed by atoms with Crippen molar-refractivity contribution in [2.75, 3.05) is 18.9 Å².